The summed E-state index contributed by atoms with van der Waals surface area (Å²) in [5.41, 5.74) is 0.287. The lowest BCUT2D eigenvalue weighted by Crippen LogP contribution is -2.29. The average Bonchev–Trinajstić information content (AvgIpc) is 2.45. The Morgan fingerprint density at radius 3 is 2.36 bits per heavy atom. The normalized spacial score (nSPS) is 27.9. The van der Waals surface area contributed by atoms with Crippen molar-refractivity contribution in [1.82, 2.24) is 4.90 Å². The third kappa shape index (κ3) is 2.17. The molecule has 0 bridgehead atoms. The van der Waals surface area contributed by atoms with Crippen molar-refractivity contribution in [3.8, 4) is 0 Å². The van der Waals surface area contributed by atoms with Crippen LogP contribution in [0.3, 0.4) is 0 Å². The number of amides is 1. The molecule has 1 heterocycles. The van der Waals surface area contributed by atoms with Crippen LogP contribution in [-0.4, -0.2) is 23.9 Å². The van der Waals surface area contributed by atoms with E-state index in [1.54, 1.807) is 0 Å². The average molecular weight is 195 g/mol. The molecule has 1 aliphatic heterocycles. The second kappa shape index (κ2) is 3.76. The minimum Gasteiger partial charge on any atom is -0.339 e. The Morgan fingerprint density at radius 2 is 2.00 bits per heavy atom. The smallest absolute Gasteiger partial charge is 0.245 e. The molecular weight excluding hydrogens is 174 g/mol. The molecule has 1 fully saturated rings. The number of carbonyl (C=O) groups is 1. The largest absolute Gasteiger partial charge is 0.339 e. The van der Waals surface area contributed by atoms with Gasteiger partial charge in [-0.25, -0.2) is 0 Å². The van der Waals surface area contributed by atoms with Crippen LogP contribution >= 0.6 is 0 Å². The molecule has 0 aromatic carbocycles. The molecule has 1 rings (SSSR count). The maximum Gasteiger partial charge on any atom is 0.245 e. The van der Waals surface area contributed by atoms with Gasteiger partial charge in [-0.3, -0.25) is 4.79 Å². The van der Waals surface area contributed by atoms with Crippen LogP contribution in [-0.2, 0) is 4.79 Å². The number of rotatable bonds is 1. The van der Waals surface area contributed by atoms with E-state index >= 15 is 0 Å². The third-order valence-electron chi connectivity index (χ3n) is 3.21. The number of hydrogen-bond acceptors (Lipinski definition) is 1. The van der Waals surface area contributed by atoms with Gasteiger partial charge in [0.25, 0.3) is 0 Å². The Bertz CT molecular complexity index is 239. The molecule has 2 unspecified atom stereocenters. The molecule has 14 heavy (non-hydrogen) atoms. The minimum atomic E-state index is 0.0728. The highest BCUT2D eigenvalue weighted by Gasteiger charge is 2.38. The summed E-state index contributed by atoms with van der Waals surface area (Å²) in [5.74, 6) is 1.27. The van der Waals surface area contributed by atoms with E-state index in [4.69, 9.17) is 0 Å². The lowest BCUT2D eigenvalue weighted by molar-refractivity contribution is -0.125. The number of hydrogen-bond donors (Lipinski definition) is 0. The molecule has 1 saturated heterocycles. The zero-order chi connectivity index (χ0) is 10.9. The molecule has 1 aliphatic rings. The SMILES string of the molecule is C=CC(=O)N1CC(C)C(C(C)(C)C)C1. The summed E-state index contributed by atoms with van der Waals surface area (Å²) < 4.78 is 0. The summed E-state index contributed by atoms with van der Waals surface area (Å²) in [4.78, 5) is 13.4. The Hall–Kier alpha value is -0.790. The Morgan fingerprint density at radius 1 is 1.43 bits per heavy atom. The standard InChI is InChI=1S/C12H21NO/c1-6-11(14)13-7-9(2)10(8-13)12(3,4)5/h6,9-10H,1,7-8H2,2-5H3. The van der Waals surface area contributed by atoms with Gasteiger partial charge in [-0.05, 0) is 23.3 Å². The zero-order valence-electron chi connectivity index (χ0n) is 9.71. The number of nitrogens with zero attached hydrogens (tertiary/aromatic N) is 1. The lowest BCUT2D eigenvalue weighted by atomic mass is 9.76. The summed E-state index contributed by atoms with van der Waals surface area (Å²) >= 11 is 0. The van der Waals surface area contributed by atoms with Crippen LogP contribution in [0, 0.1) is 17.3 Å². The van der Waals surface area contributed by atoms with Crippen LogP contribution in [0.5, 0.6) is 0 Å². The quantitative estimate of drug-likeness (QED) is 0.588. The van der Waals surface area contributed by atoms with Crippen LogP contribution in [0.4, 0.5) is 0 Å². The first-order valence-corrected chi connectivity index (χ1v) is 5.27. The van der Waals surface area contributed by atoms with Crippen molar-refractivity contribution in [1.29, 1.82) is 0 Å². The first kappa shape index (κ1) is 11.3. The van der Waals surface area contributed by atoms with Crippen molar-refractivity contribution in [2.45, 2.75) is 27.7 Å². The van der Waals surface area contributed by atoms with E-state index in [2.05, 4.69) is 34.3 Å². The number of likely N-dealkylation sites (tertiary alicyclic amines) is 1. The fourth-order valence-electron chi connectivity index (χ4n) is 2.40. The van der Waals surface area contributed by atoms with Gasteiger partial charge in [0.2, 0.25) is 5.91 Å². The lowest BCUT2D eigenvalue weighted by Gasteiger charge is -2.29. The second-order valence-electron chi connectivity index (χ2n) is 5.40. The number of carbonyl (C=O) groups excluding carboxylic acids is 1. The first-order chi connectivity index (χ1) is 6.36. The summed E-state index contributed by atoms with van der Waals surface area (Å²) in [6, 6.07) is 0. The van der Waals surface area contributed by atoms with E-state index < -0.39 is 0 Å². The minimum absolute atomic E-state index is 0.0728. The molecule has 80 valence electrons. The molecular formula is C12H21NO. The van der Waals surface area contributed by atoms with Gasteiger partial charge in [0.15, 0.2) is 0 Å². The first-order valence-electron chi connectivity index (χ1n) is 5.27. The van der Waals surface area contributed by atoms with E-state index in [1.165, 1.54) is 6.08 Å². The summed E-state index contributed by atoms with van der Waals surface area (Å²) in [6.07, 6.45) is 1.41. The maximum absolute atomic E-state index is 11.4. The van der Waals surface area contributed by atoms with Crippen LogP contribution in [0.2, 0.25) is 0 Å². The van der Waals surface area contributed by atoms with E-state index in [1.807, 2.05) is 4.90 Å². The summed E-state index contributed by atoms with van der Waals surface area (Å²) in [7, 11) is 0. The van der Waals surface area contributed by atoms with Gasteiger partial charge in [0.05, 0.1) is 0 Å². The second-order valence-corrected chi connectivity index (χ2v) is 5.40. The molecule has 0 saturated carbocycles. The van der Waals surface area contributed by atoms with Crippen molar-refractivity contribution in [2.75, 3.05) is 13.1 Å². The van der Waals surface area contributed by atoms with E-state index in [0.29, 0.717) is 11.8 Å². The van der Waals surface area contributed by atoms with Gasteiger partial charge in [-0.15, -0.1) is 0 Å². The van der Waals surface area contributed by atoms with Crippen molar-refractivity contribution in [2.24, 2.45) is 17.3 Å². The van der Waals surface area contributed by atoms with Gasteiger partial charge in [-0.2, -0.15) is 0 Å². The fourth-order valence-corrected chi connectivity index (χ4v) is 2.40. The van der Waals surface area contributed by atoms with Crippen LogP contribution in [0.15, 0.2) is 12.7 Å². The molecule has 0 aromatic heterocycles. The van der Waals surface area contributed by atoms with Crippen LogP contribution < -0.4 is 0 Å². The van der Waals surface area contributed by atoms with Crippen LogP contribution in [0.25, 0.3) is 0 Å². The summed E-state index contributed by atoms with van der Waals surface area (Å²) in [6.45, 7) is 14.3. The van der Waals surface area contributed by atoms with Gasteiger partial charge in [0.1, 0.15) is 0 Å². The van der Waals surface area contributed by atoms with Gasteiger partial charge in [-0.1, -0.05) is 34.3 Å². The van der Waals surface area contributed by atoms with Crippen molar-refractivity contribution >= 4 is 5.91 Å². The molecule has 0 aromatic rings. The Labute approximate surface area is 87.0 Å². The Balaban J connectivity index is 2.69. The third-order valence-corrected chi connectivity index (χ3v) is 3.21. The molecule has 0 spiro atoms. The van der Waals surface area contributed by atoms with Crippen molar-refractivity contribution in [3.63, 3.8) is 0 Å². The van der Waals surface area contributed by atoms with Crippen molar-refractivity contribution in [3.05, 3.63) is 12.7 Å². The molecule has 0 N–H and O–H groups in total. The highest BCUT2D eigenvalue weighted by Crippen LogP contribution is 2.37. The molecule has 0 aliphatic carbocycles. The molecule has 2 heteroatoms. The topological polar surface area (TPSA) is 20.3 Å². The van der Waals surface area contributed by atoms with Crippen molar-refractivity contribution < 1.29 is 4.79 Å². The predicted octanol–water partition coefficient (Wildman–Crippen LogP) is 2.31. The van der Waals surface area contributed by atoms with Gasteiger partial charge < -0.3 is 4.90 Å². The van der Waals surface area contributed by atoms with E-state index in [9.17, 15) is 4.79 Å². The molecule has 0 radical (unpaired) electrons. The van der Waals surface area contributed by atoms with Gasteiger partial charge >= 0.3 is 0 Å². The van der Waals surface area contributed by atoms with E-state index in [-0.39, 0.29) is 11.3 Å². The highest BCUT2D eigenvalue weighted by atomic mass is 16.2. The molecule has 1 amide bonds. The predicted molar refractivity (Wildman–Crippen MR) is 58.9 cm³/mol. The Kier molecular flexibility index (Phi) is 3.03. The fraction of sp³-hybridized carbons (Fsp3) is 0.750. The molecule has 2 atom stereocenters. The zero-order valence-corrected chi connectivity index (χ0v) is 9.71. The van der Waals surface area contributed by atoms with Crippen LogP contribution in [0.1, 0.15) is 27.7 Å². The maximum atomic E-state index is 11.4. The highest BCUT2D eigenvalue weighted by molar-refractivity contribution is 5.87. The van der Waals surface area contributed by atoms with Gasteiger partial charge in [0, 0.05) is 13.1 Å². The monoisotopic (exact) mass is 195 g/mol. The van der Waals surface area contributed by atoms with E-state index in [0.717, 1.165) is 13.1 Å². The molecule has 2 nitrogen and oxygen atoms in total. The summed E-state index contributed by atoms with van der Waals surface area (Å²) in [5, 5.41) is 0.